The molecule has 3 aromatic rings. The lowest BCUT2D eigenvalue weighted by Crippen LogP contribution is -2.39. The van der Waals surface area contributed by atoms with Gasteiger partial charge in [-0.15, -0.1) is 0 Å². The van der Waals surface area contributed by atoms with Crippen LogP contribution in [0.5, 0.6) is 0 Å². The Labute approximate surface area is 175 Å². The van der Waals surface area contributed by atoms with Gasteiger partial charge in [-0.3, -0.25) is 14.3 Å². The van der Waals surface area contributed by atoms with E-state index in [4.69, 9.17) is 0 Å². The third kappa shape index (κ3) is 4.22. The van der Waals surface area contributed by atoms with E-state index in [-0.39, 0.29) is 29.2 Å². The number of alkyl halides is 6. The molecule has 0 amide bonds. The normalized spacial score (nSPS) is 12.9. The van der Waals surface area contributed by atoms with Gasteiger partial charge in [0.05, 0.1) is 32.7 Å². The number of rotatable bonds is 3. The van der Waals surface area contributed by atoms with Crippen LogP contribution in [-0.2, 0) is 36.5 Å². The fourth-order valence-corrected chi connectivity index (χ4v) is 4.02. The third-order valence-electron chi connectivity index (χ3n) is 4.61. The van der Waals surface area contributed by atoms with Crippen molar-refractivity contribution in [2.45, 2.75) is 17.2 Å². The summed E-state index contributed by atoms with van der Waals surface area (Å²) in [6.45, 7) is 0. The van der Waals surface area contributed by atoms with E-state index < -0.39 is 55.2 Å². The summed E-state index contributed by atoms with van der Waals surface area (Å²) in [5.74, 6) is 0. The monoisotopic (exact) mass is 481 g/mol. The molecule has 7 nitrogen and oxygen atoms in total. The molecule has 0 atom stereocenters. The number of hydrogen-bond acceptors (Lipinski definition) is 4. The Balaban J connectivity index is 2.15. The number of anilines is 1. The van der Waals surface area contributed by atoms with Crippen LogP contribution in [0.4, 0.5) is 32.0 Å². The van der Waals surface area contributed by atoms with E-state index in [9.17, 15) is 44.3 Å². The molecule has 0 unspecified atom stereocenters. The van der Waals surface area contributed by atoms with Crippen LogP contribution in [0.1, 0.15) is 11.1 Å². The van der Waals surface area contributed by atoms with E-state index in [2.05, 4.69) is 0 Å². The lowest BCUT2D eigenvalue weighted by atomic mass is 10.1. The second kappa shape index (κ2) is 7.39. The molecule has 1 N–H and O–H groups in total. The molecule has 1 aromatic heterocycles. The minimum Gasteiger partial charge on any atom is -0.305 e. The Bertz CT molecular complexity index is 1420. The van der Waals surface area contributed by atoms with Gasteiger partial charge in [-0.05, 0) is 36.4 Å². The zero-order valence-electron chi connectivity index (χ0n) is 16.2. The van der Waals surface area contributed by atoms with Crippen molar-refractivity contribution in [2.75, 3.05) is 4.72 Å². The van der Waals surface area contributed by atoms with Crippen molar-refractivity contribution in [2.24, 2.45) is 14.1 Å². The van der Waals surface area contributed by atoms with Crippen molar-refractivity contribution >= 4 is 26.7 Å². The Kier molecular flexibility index (Phi) is 5.40. The Hall–Kier alpha value is -3.29. The number of fused-ring (bicyclic) bond motifs is 1. The first kappa shape index (κ1) is 23.4. The fourth-order valence-electron chi connectivity index (χ4n) is 2.96. The van der Waals surface area contributed by atoms with Gasteiger partial charge >= 0.3 is 23.5 Å². The smallest absolute Gasteiger partial charge is 0.305 e. The quantitative estimate of drug-likeness (QED) is 0.460. The van der Waals surface area contributed by atoms with Gasteiger partial charge in [0.25, 0.3) is 10.0 Å². The van der Waals surface area contributed by atoms with Crippen molar-refractivity contribution in [3.05, 3.63) is 68.2 Å². The average Bonchev–Trinajstić information content (AvgIpc) is 2.68. The molecule has 0 aliphatic carbocycles. The Morgan fingerprint density at radius 3 is 1.69 bits per heavy atom. The Morgan fingerprint density at radius 2 is 1.22 bits per heavy atom. The van der Waals surface area contributed by atoms with Gasteiger partial charge in [-0.1, -0.05) is 0 Å². The first-order valence-electron chi connectivity index (χ1n) is 8.54. The van der Waals surface area contributed by atoms with E-state index >= 15 is 0 Å². The molecule has 0 aliphatic rings. The number of hydrogen-bond donors (Lipinski definition) is 1. The van der Waals surface area contributed by atoms with E-state index in [1.54, 1.807) is 4.72 Å². The van der Waals surface area contributed by atoms with Crippen LogP contribution in [0.3, 0.4) is 0 Å². The minimum atomic E-state index is -5.16. The maximum atomic E-state index is 13.0. The van der Waals surface area contributed by atoms with Crippen molar-refractivity contribution in [1.82, 2.24) is 9.13 Å². The van der Waals surface area contributed by atoms with Crippen LogP contribution in [0.15, 0.2) is 50.9 Å². The first-order valence-corrected chi connectivity index (χ1v) is 10.0. The highest BCUT2D eigenvalue weighted by atomic mass is 32.2. The van der Waals surface area contributed by atoms with E-state index in [0.717, 1.165) is 21.3 Å². The summed E-state index contributed by atoms with van der Waals surface area (Å²) in [5.41, 5.74) is -6.01. The van der Waals surface area contributed by atoms with Gasteiger partial charge in [-0.2, -0.15) is 26.3 Å². The number of aromatic nitrogens is 2. The molecular formula is C18H13F6N3O4S. The van der Waals surface area contributed by atoms with Crippen LogP contribution in [-0.4, -0.2) is 17.6 Å². The van der Waals surface area contributed by atoms with E-state index in [1.165, 1.54) is 20.2 Å². The molecule has 0 spiro atoms. The van der Waals surface area contributed by atoms with Gasteiger partial charge in [-0.25, -0.2) is 8.42 Å². The SMILES string of the molecule is Cn1c(=O)c(=O)n(C)c2cc(S(=O)(=O)Nc3cc(C(F)(F)F)cc(C(F)(F)F)c3)ccc21. The molecule has 0 fully saturated rings. The van der Waals surface area contributed by atoms with Gasteiger partial charge in [0.15, 0.2) is 0 Å². The summed E-state index contributed by atoms with van der Waals surface area (Å²) in [6, 6.07) is 3.46. The molecule has 0 saturated carbocycles. The molecule has 0 bridgehead atoms. The summed E-state index contributed by atoms with van der Waals surface area (Å²) in [6.07, 6.45) is -10.3. The second-order valence-corrected chi connectivity index (χ2v) is 8.46. The van der Waals surface area contributed by atoms with Gasteiger partial charge in [0.2, 0.25) is 0 Å². The predicted molar refractivity (Wildman–Crippen MR) is 102 cm³/mol. The lowest BCUT2D eigenvalue weighted by Gasteiger charge is -2.16. The number of nitrogens with one attached hydrogen (secondary N) is 1. The highest BCUT2D eigenvalue weighted by Gasteiger charge is 2.37. The number of nitrogens with zero attached hydrogens (tertiary/aromatic N) is 2. The number of sulfonamides is 1. The van der Waals surface area contributed by atoms with Crippen LogP contribution in [0, 0.1) is 0 Å². The number of halogens is 6. The maximum Gasteiger partial charge on any atom is 0.416 e. The summed E-state index contributed by atoms with van der Waals surface area (Å²) in [4.78, 5) is 23.3. The van der Waals surface area contributed by atoms with E-state index in [1.807, 2.05) is 0 Å². The lowest BCUT2D eigenvalue weighted by molar-refractivity contribution is -0.143. The fraction of sp³-hybridized carbons (Fsp3) is 0.222. The zero-order chi connectivity index (χ0) is 24.2. The zero-order valence-corrected chi connectivity index (χ0v) is 17.0. The molecule has 3 rings (SSSR count). The summed E-state index contributed by atoms with van der Waals surface area (Å²) >= 11 is 0. The first-order chi connectivity index (χ1) is 14.5. The molecule has 172 valence electrons. The molecule has 2 aromatic carbocycles. The second-order valence-electron chi connectivity index (χ2n) is 6.78. The standard InChI is InChI=1S/C18H13F6N3O4S/c1-26-13-4-3-12(8-14(13)27(2)16(29)15(26)28)32(30,31)25-11-6-9(17(19,20)21)5-10(7-11)18(22,23)24/h3-8,25H,1-2H3. The molecule has 0 radical (unpaired) electrons. The summed E-state index contributed by atoms with van der Waals surface area (Å²) in [5, 5.41) is 0. The van der Waals surface area contributed by atoms with Crippen LogP contribution in [0.2, 0.25) is 0 Å². The van der Waals surface area contributed by atoms with Crippen LogP contribution >= 0.6 is 0 Å². The van der Waals surface area contributed by atoms with Crippen LogP contribution < -0.4 is 15.8 Å². The molecular weight excluding hydrogens is 468 g/mol. The molecule has 32 heavy (non-hydrogen) atoms. The third-order valence-corrected chi connectivity index (χ3v) is 5.99. The maximum absolute atomic E-state index is 13.0. The average molecular weight is 481 g/mol. The minimum absolute atomic E-state index is 0.00000205. The van der Waals surface area contributed by atoms with Crippen molar-refractivity contribution in [3.63, 3.8) is 0 Å². The van der Waals surface area contributed by atoms with Crippen molar-refractivity contribution in [3.8, 4) is 0 Å². The summed E-state index contributed by atoms with van der Waals surface area (Å²) in [7, 11) is -2.19. The van der Waals surface area contributed by atoms with Gasteiger partial charge in [0.1, 0.15) is 0 Å². The highest BCUT2D eigenvalue weighted by molar-refractivity contribution is 7.92. The summed E-state index contributed by atoms with van der Waals surface area (Å²) < 4.78 is 107. The van der Waals surface area contributed by atoms with Crippen molar-refractivity contribution in [1.29, 1.82) is 0 Å². The van der Waals surface area contributed by atoms with Gasteiger partial charge in [0, 0.05) is 14.1 Å². The predicted octanol–water partition coefficient (Wildman–Crippen LogP) is 3.08. The number of aryl methyl sites for hydroxylation is 2. The van der Waals surface area contributed by atoms with Crippen molar-refractivity contribution < 1.29 is 34.8 Å². The largest absolute Gasteiger partial charge is 0.416 e. The van der Waals surface area contributed by atoms with Gasteiger partial charge < -0.3 is 9.13 Å². The molecule has 0 aliphatic heterocycles. The topological polar surface area (TPSA) is 90.2 Å². The van der Waals surface area contributed by atoms with Crippen LogP contribution in [0.25, 0.3) is 11.0 Å². The molecule has 14 heteroatoms. The molecule has 1 heterocycles. The van der Waals surface area contributed by atoms with E-state index in [0.29, 0.717) is 0 Å². The Morgan fingerprint density at radius 1 is 0.750 bits per heavy atom. The number of benzene rings is 2. The molecule has 0 saturated heterocycles. The highest BCUT2D eigenvalue weighted by Crippen LogP contribution is 2.38.